The summed E-state index contributed by atoms with van der Waals surface area (Å²) in [6, 6.07) is 4.67. The third-order valence-electron chi connectivity index (χ3n) is 5.08. The Labute approximate surface area is 192 Å². The third-order valence-corrected chi connectivity index (χ3v) is 5.32. The van der Waals surface area contributed by atoms with Gasteiger partial charge in [-0.05, 0) is 51.2 Å². The van der Waals surface area contributed by atoms with Gasteiger partial charge < -0.3 is 29.3 Å². The Bertz CT molecular complexity index is 847. The van der Waals surface area contributed by atoms with E-state index in [0.29, 0.717) is 50.7 Å². The number of carbonyl (C=O) groups is 2. The molecule has 11 heteroatoms. The van der Waals surface area contributed by atoms with Gasteiger partial charge in [0.2, 0.25) is 0 Å². The monoisotopic (exact) mass is 468 g/mol. The molecule has 0 bridgehead atoms. The zero-order chi connectivity index (χ0) is 23.3. The van der Waals surface area contributed by atoms with E-state index in [4.69, 9.17) is 26.4 Å². The van der Waals surface area contributed by atoms with E-state index in [2.05, 4.69) is 5.32 Å². The van der Waals surface area contributed by atoms with Crippen LogP contribution in [0.15, 0.2) is 18.2 Å². The molecule has 0 aliphatic carbocycles. The molecule has 2 fully saturated rings. The molecule has 2 saturated heterocycles. The van der Waals surface area contributed by atoms with Gasteiger partial charge in [-0.1, -0.05) is 0 Å². The average molecular weight is 469 g/mol. The molecule has 1 unspecified atom stereocenters. The molecule has 1 aromatic rings. The molecule has 1 N–H and O–H groups in total. The van der Waals surface area contributed by atoms with Crippen LogP contribution in [-0.4, -0.2) is 80.3 Å². The second-order valence-electron chi connectivity index (χ2n) is 7.76. The van der Waals surface area contributed by atoms with Gasteiger partial charge in [0.05, 0.1) is 37.2 Å². The van der Waals surface area contributed by atoms with Crippen LogP contribution in [0.3, 0.4) is 0 Å². The summed E-state index contributed by atoms with van der Waals surface area (Å²) in [6.45, 7) is 8.28. The number of thiocarbonyl (C=S) groups is 1. The lowest BCUT2D eigenvalue weighted by Crippen LogP contribution is -2.49. The molecule has 0 saturated carbocycles. The second-order valence-corrected chi connectivity index (χ2v) is 8.13. The van der Waals surface area contributed by atoms with Gasteiger partial charge in [-0.25, -0.2) is 14.0 Å². The molecule has 2 aliphatic heterocycles. The molecule has 3 rings (SSSR count). The fourth-order valence-electron chi connectivity index (χ4n) is 3.56. The molecule has 9 nitrogen and oxygen atoms in total. The van der Waals surface area contributed by atoms with Gasteiger partial charge in [-0.2, -0.15) is 0 Å². The van der Waals surface area contributed by atoms with Crippen molar-refractivity contribution in [3.63, 3.8) is 0 Å². The molecule has 0 spiro atoms. The number of halogens is 1. The minimum Gasteiger partial charge on any atom is -0.468 e. The molecule has 1 atom stereocenters. The Hall–Kier alpha value is -2.82. The quantitative estimate of drug-likeness (QED) is 0.639. The summed E-state index contributed by atoms with van der Waals surface area (Å²) in [4.78, 5) is 29.0. The molecule has 2 heterocycles. The van der Waals surface area contributed by atoms with Gasteiger partial charge in [0, 0.05) is 26.2 Å². The summed E-state index contributed by atoms with van der Waals surface area (Å²) >= 11 is 5.07. The van der Waals surface area contributed by atoms with E-state index in [0.717, 1.165) is 0 Å². The predicted molar refractivity (Wildman–Crippen MR) is 122 cm³/mol. The number of piperazine rings is 1. The Morgan fingerprint density at radius 2 is 2.03 bits per heavy atom. The van der Waals surface area contributed by atoms with Crippen molar-refractivity contribution in [2.75, 3.05) is 55.7 Å². The highest BCUT2D eigenvalue weighted by Gasteiger charge is 2.33. The fraction of sp³-hybridized carbons (Fsp3) is 0.571. The number of anilines is 2. The van der Waals surface area contributed by atoms with Gasteiger partial charge in [0.15, 0.2) is 0 Å². The number of rotatable bonds is 6. The van der Waals surface area contributed by atoms with Crippen molar-refractivity contribution in [1.29, 1.82) is 0 Å². The minimum atomic E-state index is -0.539. The largest absolute Gasteiger partial charge is 0.468 e. The summed E-state index contributed by atoms with van der Waals surface area (Å²) in [5.74, 6) is -0.437. The molecule has 32 heavy (non-hydrogen) atoms. The van der Waals surface area contributed by atoms with Crippen molar-refractivity contribution < 1.29 is 28.2 Å². The Balaban J connectivity index is 1.56. The maximum absolute atomic E-state index is 14.9. The Morgan fingerprint density at radius 3 is 2.66 bits per heavy atom. The minimum absolute atomic E-state index is 0.0488. The van der Waals surface area contributed by atoms with E-state index >= 15 is 0 Å². The van der Waals surface area contributed by atoms with E-state index in [1.165, 1.54) is 11.0 Å². The van der Waals surface area contributed by atoms with Crippen LogP contribution in [0.2, 0.25) is 0 Å². The number of cyclic esters (lactones) is 1. The number of nitrogens with zero attached hydrogens (tertiary/aromatic N) is 3. The maximum Gasteiger partial charge on any atom is 0.414 e. The van der Waals surface area contributed by atoms with Crippen LogP contribution in [0.25, 0.3) is 0 Å². The molecule has 2 aliphatic rings. The number of amides is 2. The lowest BCUT2D eigenvalue weighted by molar-refractivity contribution is 0.105. The van der Waals surface area contributed by atoms with Crippen molar-refractivity contribution in [1.82, 2.24) is 10.2 Å². The van der Waals surface area contributed by atoms with E-state index in [9.17, 15) is 14.0 Å². The summed E-state index contributed by atoms with van der Waals surface area (Å²) < 4.78 is 30.6. The van der Waals surface area contributed by atoms with Crippen LogP contribution in [-0.2, 0) is 14.2 Å². The van der Waals surface area contributed by atoms with E-state index in [1.807, 2.05) is 18.7 Å². The number of carbonyl (C=O) groups excluding carboxylic acids is 2. The van der Waals surface area contributed by atoms with Crippen LogP contribution in [0.1, 0.15) is 20.8 Å². The topological polar surface area (TPSA) is 83.6 Å². The van der Waals surface area contributed by atoms with Gasteiger partial charge in [0.25, 0.3) is 5.17 Å². The molecular weight excluding hydrogens is 439 g/mol. The van der Waals surface area contributed by atoms with Gasteiger partial charge in [0.1, 0.15) is 11.9 Å². The maximum atomic E-state index is 14.9. The second kappa shape index (κ2) is 10.7. The summed E-state index contributed by atoms with van der Waals surface area (Å²) in [6.07, 6.45) is -1.37. The van der Waals surface area contributed by atoms with Crippen molar-refractivity contribution >= 4 is 41.0 Å². The first kappa shape index (κ1) is 23.8. The van der Waals surface area contributed by atoms with Crippen LogP contribution in [0, 0.1) is 5.82 Å². The SMILES string of the molecule is CCOC(=O)N1CCN(c2ccc(N3CC(CNC(=S)OC(C)C)OC3=O)cc2F)CC1. The Morgan fingerprint density at radius 1 is 1.31 bits per heavy atom. The highest BCUT2D eigenvalue weighted by molar-refractivity contribution is 7.80. The first-order valence-electron chi connectivity index (χ1n) is 10.7. The van der Waals surface area contributed by atoms with Crippen LogP contribution in [0.4, 0.5) is 25.4 Å². The fourth-order valence-corrected chi connectivity index (χ4v) is 3.83. The van der Waals surface area contributed by atoms with Crippen molar-refractivity contribution in [3.8, 4) is 0 Å². The zero-order valence-corrected chi connectivity index (χ0v) is 19.3. The predicted octanol–water partition coefficient (Wildman–Crippen LogP) is 2.73. The highest BCUT2D eigenvalue weighted by atomic mass is 32.1. The molecule has 0 aromatic heterocycles. The zero-order valence-electron chi connectivity index (χ0n) is 18.5. The van der Waals surface area contributed by atoms with E-state index in [1.54, 1.807) is 24.0 Å². The van der Waals surface area contributed by atoms with Crippen LogP contribution in [0.5, 0.6) is 0 Å². The lowest BCUT2D eigenvalue weighted by Gasteiger charge is -2.35. The standard InChI is InChI=1S/C21H29FN4O5S/c1-4-29-20(27)25-9-7-24(8-10-25)18-6-5-15(11-17(18)22)26-13-16(31-21(26)28)12-23-19(32)30-14(2)3/h5-6,11,14,16H,4,7-10,12-13H2,1-3H3,(H,23,32). The molecular formula is C21H29FN4O5S. The number of hydrogen-bond acceptors (Lipinski definition) is 7. The van der Waals surface area contributed by atoms with Gasteiger partial charge in [-0.15, -0.1) is 0 Å². The highest BCUT2D eigenvalue weighted by Crippen LogP contribution is 2.28. The van der Waals surface area contributed by atoms with Crippen molar-refractivity contribution in [2.24, 2.45) is 0 Å². The Kier molecular flexibility index (Phi) is 7.94. The van der Waals surface area contributed by atoms with Crippen LogP contribution >= 0.6 is 12.2 Å². The molecule has 1 aromatic carbocycles. The average Bonchev–Trinajstić information content (AvgIpc) is 3.12. The van der Waals surface area contributed by atoms with Crippen molar-refractivity contribution in [3.05, 3.63) is 24.0 Å². The van der Waals surface area contributed by atoms with E-state index in [-0.39, 0.29) is 23.9 Å². The molecule has 2 amide bonds. The summed E-state index contributed by atoms with van der Waals surface area (Å²) in [5.41, 5.74) is 0.851. The molecule has 0 radical (unpaired) electrons. The van der Waals surface area contributed by atoms with Crippen LogP contribution < -0.4 is 15.1 Å². The first-order valence-corrected chi connectivity index (χ1v) is 11.1. The smallest absolute Gasteiger partial charge is 0.414 e. The summed E-state index contributed by atoms with van der Waals surface area (Å²) in [5, 5.41) is 3.16. The molecule has 176 valence electrons. The summed E-state index contributed by atoms with van der Waals surface area (Å²) in [7, 11) is 0. The third kappa shape index (κ3) is 5.90. The first-order chi connectivity index (χ1) is 15.3. The lowest BCUT2D eigenvalue weighted by atomic mass is 10.2. The number of nitrogens with one attached hydrogen (secondary N) is 1. The number of benzene rings is 1. The number of ether oxygens (including phenoxy) is 3. The normalized spacial score (nSPS) is 18.6. The van der Waals surface area contributed by atoms with E-state index < -0.39 is 18.0 Å². The number of hydrogen-bond donors (Lipinski definition) is 1. The van der Waals surface area contributed by atoms with Gasteiger partial charge >= 0.3 is 12.2 Å². The van der Waals surface area contributed by atoms with Gasteiger partial charge in [-0.3, -0.25) is 4.90 Å². The van der Waals surface area contributed by atoms with Crippen molar-refractivity contribution in [2.45, 2.75) is 33.0 Å².